The summed E-state index contributed by atoms with van der Waals surface area (Å²) in [4.78, 5) is 2.72. The molecule has 0 aliphatic carbocycles. The van der Waals surface area contributed by atoms with Gasteiger partial charge in [0.25, 0.3) is 0 Å². The first-order chi connectivity index (χ1) is 9.67. The molecule has 20 heavy (non-hydrogen) atoms. The molecule has 0 N–H and O–H groups in total. The van der Waals surface area contributed by atoms with Gasteiger partial charge in [-0.3, -0.25) is 0 Å². The van der Waals surface area contributed by atoms with Crippen LogP contribution in [0.2, 0.25) is 0 Å². The van der Waals surface area contributed by atoms with E-state index >= 15 is 0 Å². The fraction of sp³-hybridized carbons (Fsp3) is 0.444. The van der Waals surface area contributed by atoms with Crippen LogP contribution < -0.4 is 0 Å². The molecule has 0 spiro atoms. The van der Waals surface area contributed by atoms with Gasteiger partial charge in [-0.25, -0.2) is 0 Å². The van der Waals surface area contributed by atoms with Crippen molar-refractivity contribution in [2.45, 2.75) is 44.9 Å². The molecule has 0 nitrogen and oxygen atoms in total. The molecule has 0 saturated carbocycles. The molecule has 1 aromatic carbocycles. The van der Waals surface area contributed by atoms with Crippen LogP contribution in [0.1, 0.15) is 53.8 Å². The summed E-state index contributed by atoms with van der Waals surface area (Å²) < 4.78 is 0. The number of alkyl halides is 1. The lowest BCUT2D eigenvalue weighted by Crippen LogP contribution is -2.14. The van der Waals surface area contributed by atoms with E-state index in [-0.39, 0.29) is 5.38 Å². The molecule has 2 rings (SSSR count). The predicted octanol–water partition coefficient (Wildman–Crippen LogP) is 6.42. The van der Waals surface area contributed by atoms with E-state index in [0.29, 0.717) is 11.8 Å². The average Bonchev–Trinajstić information content (AvgIpc) is 2.97. The maximum atomic E-state index is 6.86. The number of benzene rings is 1. The van der Waals surface area contributed by atoms with Gasteiger partial charge in [0.1, 0.15) is 0 Å². The molecule has 3 unspecified atom stereocenters. The van der Waals surface area contributed by atoms with Crippen molar-refractivity contribution in [3.63, 3.8) is 0 Å². The van der Waals surface area contributed by atoms with Gasteiger partial charge in [-0.2, -0.15) is 0 Å². The molecule has 3 atom stereocenters. The van der Waals surface area contributed by atoms with E-state index in [1.165, 1.54) is 15.3 Å². The van der Waals surface area contributed by atoms with E-state index in [2.05, 4.69) is 63.2 Å². The summed E-state index contributed by atoms with van der Waals surface area (Å²) in [5.41, 5.74) is 1.35. The monoisotopic (exact) mass is 306 g/mol. The highest BCUT2D eigenvalue weighted by Crippen LogP contribution is 2.44. The van der Waals surface area contributed by atoms with E-state index < -0.39 is 0 Å². The van der Waals surface area contributed by atoms with Crippen LogP contribution in [-0.2, 0) is 6.42 Å². The van der Waals surface area contributed by atoms with Gasteiger partial charge in [0, 0.05) is 15.7 Å². The first kappa shape index (κ1) is 15.6. The summed E-state index contributed by atoms with van der Waals surface area (Å²) in [5.74, 6) is 0.957. The normalized spacial score (nSPS) is 15.8. The molecule has 0 aliphatic heterocycles. The fourth-order valence-electron chi connectivity index (χ4n) is 2.62. The summed E-state index contributed by atoms with van der Waals surface area (Å²) in [5, 5.41) is 0.0673. The zero-order valence-electron chi connectivity index (χ0n) is 12.5. The third kappa shape index (κ3) is 3.45. The van der Waals surface area contributed by atoms with E-state index in [9.17, 15) is 0 Å². The molecule has 0 radical (unpaired) electrons. The number of hydrogen-bond donors (Lipinski definition) is 0. The first-order valence-electron chi connectivity index (χ1n) is 7.45. The average molecular weight is 307 g/mol. The molecule has 2 aromatic rings. The lowest BCUT2D eigenvalue weighted by atomic mass is 9.82. The Bertz CT molecular complexity index is 517. The summed E-state index contributed by atoms with van der Waals surface area (Å²) >= 11 is 8.72. The van der Waals surface area contributed by atoms with E-state index in [1.54, 1.807) is 0 Å². The first-order valence-corrected chi connectivity index (χ1v) is 8.70. The van der Waals surface area contributed by atoms with Crippen LogP contribution in [0.4, 0.5) is 0 Å². The molecule has 1 heterocycles. The van der Waals surface area contributed by atoms with E-state index in [0.717, 1.165) is 12.8 Å². The van der Waals surface area contributed by atoms with Crippen molar-refractivity contribution in [1.82, 2.24) is 0 Å². The van der Waals surface area contributed by atoms with Crippen molar-refractivity contribution in [2.24, 2.45) is 5.92 Å². The van der Waals surface area contributed by atoms with Crippen LogP contribution >= 0.6 is 22.9 Å². The summed E-state index contributed by atoms with van der Waals surface area (Å²) in [6.45, 7) is 6.75. The lowest BCUT2D eigenvalue weighted by molar-refractivity contribution is 0.436. The quantitative estimate of drug-likeness (QED) is 0.540. The Hall–Kier alpha value is -0.790. The molecule has 0 bridgehead atoms. The number of thiophene rings is 1. The third-order valence-corrected chi connectivity index (χ3v) is 6.01. The Balaban J connectivity index is 2.31. The van der Waals surface area contributed by atoms with Gasteiger partial charge in [-0.1, -0.05) is 57.5 Å². The Labute approximate surface area is 131 Å². The van der Waals surface area contributed by atoms with Crippen LogP contribution in [0.15, 0.2) is 42.5 Å². The van der Waals surface area contributed by atoms with Crippen LogP contribution in [0.3, 0.4) is 0 Å². The molecule has 0 aliphatic rings. The molecule has 0 amide bonds. The third-order valence-electron chi connectivity index (χ3n) is 4.06. The van der Waals surface area contributed by atoms with Gasteiger partial charge >= 0.3 is 0 Å². The van der Waals surface area contributed by atoms with Crippen molar-refractivity contribution in [2.75, 3.05) is 0 Å². The summed E-state index contributed by atoms with van der Waals surface area (Å²) in [6.07, 6.45) is 2.24. The van der Waals surface area contributed by atoms with Gasteiger partial charge in [0.2, 0.25) is 0 Å². The Morgan fingerprint density at radius 3 is 2.30 bits per heavy atom. The van der Waals surface area contributed by atoms with Crippen LogP contribution in [0.25, 0.3) is 0 Å². The van der Waals surface area contributed by atoms with Crippen LogP contribution in [-0.4, -0.2) is 0 Å². The maximum absolute atomic E-state index is 6.86. The molecule has 2 heteroatoms. The summed E-state index contributed by atoms with van der Waals surface area (Å²) in [6, 6.07) is 15.1. The summed E-state index contributed by atoms with van der Waals surface area (Å²) in [7, 11) is 0. The van der Waals surface area contributed by atoms with Crippen molar-refractivity contribution >= 4 is 22.9 Å². The molecule has 0 saturated heterocycles. The maximum Gasteiger partial charge on any atom is 0.0749 e. The van der Waals surface area contributed by atoms with Gasteiger partial charge in [-0.15, -0.1) is 22.9 Å². The van der Waals surface area contributed by atoms with Crippen molar-refractivity contribution in [3.05, 3.63) is 57.8 Å². The van der Waals surface area contributed by atoms with Crippen molar-refractivity contribution in [1.29, 1.82) is 0 Å². The molecule has 108 valence electrons. The highest BCUT2D eigenvalue weighted by atomic mass is 35.5. The second-order valence-corrected chi connectivity index (χ2v) is 7.05. The minimum atomic E-state index is 0.0673. The SMILES string of the molecule is CCc1ccc(C(Cl)C(c2ccccc2)C(C)CC)s1. The second-order valence-electron chi connectivity index (χ2n) is 5.38. The molecular formula is C18H23ClS. The highest BCUT2D eigenvalue weighted by molar-refractivity contribution is 7.12. The topological polar surface area (TPSA) is 0 Å². The van der Waals surface area contributed by atoms with Crippen LogP contribution in [0, 0.1) is 5.92 Å². The standard InChI is InChI=1S/C18H23ClS/c1-4-13(3)17(14-9-7-6-8-10-14)18(19)16-12-11-15(5-2)20-16/h6-13,17-18H,4-5H2,1-3H3. The van der Waals surface area contributed by atoms with Gasteiger partial charge in [0.15, 0.2) is 0 Å². The second kappa shape index (κ2) is 7.28. The predicted molar refractivity (Wildman–Crippen MR) is 90.9 cm³/mol. The highest BCUT2D eigenvalue weighted by Gasteiger charge is 2.28. The number of aryl methyl sites for hydroxylation is 1. The van der Waals surface area contributed by atoms with Gasteiger partial charge in [-0.05, 0) is 30.0 Å². The largest absolute Gasteiger partial charge is 0.144 e. The number of rotatable bonds is 6. The van der Waals surface area contributed by atoms with Gasteiger partial charge < -0.3 is 0 Å². The molecular weight excluding hydrogens is 284 g/mol. The molecule has 0 fully saturated rings. The number of hydrogen-bond acceptors (Lipinski definition) is 1. The van der Waals surface area contributed by atoms with Crippen molar-refractivity contribution < 1.29 is 0 Å². The van der Waals surface area contributed by atoms with Crippen LogP contribution in [0.5, 0.6) is 0 Å². The zero-order chi connectivity index (χ0) is 14.5. The minimum absolute atomic E-state index is 0.0673. The van der Waals surface area contributed by atoms with E-state index in [1.807, 2.05) is 11.3 Å². The van der Waals surface area contributed by atoms with E-state index in [4.69, 9.17) is 11.6 Å². The lowest BCUT2D eigenvalue weighted by Gasteiger charge is -2.27. The fourth-order valence-corrected chi connectivity index (χ4v) is 4.20. The van der Waals surface area contributed by atoms with Crippen molar-refractivity contribution in [3.8, 4) is 0 Å². The smallest absolute Gasteiger partial charge is 0.0749 e. The molecule has 1 aromatic heterocycles. The zero-order valence-corrected chi connectivity index (χ0v) is 14.0. The number of halogens is 1. The van der Waals surface area contributed by atoms with Gasteiger partial charge in [0.05, 0.1) is 5.38 Å². The Morgan fingerprint density at radius 1 is 1.05 bits per heavy atom. The Kier molecular flexibility index (Phi) is 5.68. The Morgan fingerprint density at radius 2 is 1.75 bits per heavy atom. The minimum Gasteiger partial charge on any atom is -0.144 e.